The third kappa shape index (κ3) is 3.95. The van der Waals surface area contributed by atoms with Gasteiger partial charge in [-0.2, -0.15) is 0 Å². The Bertz CT molecular complexity index is 1430. The highest BCUT2D eigenvalue weighted by molar-refractivity contribution is 6.13. The quantitative estimate of drug-likeness (QED) is 0.409. The molecule has 1 aliphatic heterocycles. The van der Waals surface area contributed by atoms with Crippen molar-refractivity contribution in [1.29, 1.82) is 0 Å². The summed E-state index contributed by atoms with van der Waals surface area (Å²) >= 11 is 0. The molecular formula is C27H33N7O. The van der Waals surface area contributed by atoms with E-state index in [9.17, 15) is 4.79 Å². The zero-order valence-electron chi connectivity index (χ0n) is 20.8. The van der Waals surface area contributed by atoms with Crippen molar-refractivity contribution in [3.8, 4) is 0 Å². The van der Waals surface area contributed by atoms with E-state index < -0.39 is 0 Å². The first-order chi connectivity index (χ1) is 16.9. The van der Waals surface area contributed by atoms with Gasteiger partial charge >= 0.3 is 0 Å². The van der Waals surface area contributed by atoms with Crippen LogP contribution in [0.2, 0.25) is 0 Å². The summed E-state index contributed by atoms with van der Waals surface area (Å²) in [5.74, 6) is 0.870. The molecule has 35 heavy (non-hydrogen) atoms. The van der Waals surface area contributed by atoms with Crippen LogP contribution in [0.4, 0.5) is 11.5 Å². The first kappa shape index (κ1) is 22.1. The molecule has 6 rings (SSSR count). The molecule has 2 unspecified atom stereocenters. The SMILES string of the molecule is CC(C)Nc1c(C(=O)NC2CC2)c2nc3ccccc3n2c2nc(N3CC(C)NC(C)C3)ccc12. The normalized spacial score (nSPS) is 20.8. The van der Waals surface area contributed by atoms with Gasteiger partial charge in [0.05, 0.1) is 16.7 Å². The van der Waals surface area contributed by atoms with Gasteiger partial charge in [0.1, 0.15) is 11.4 Å². The number of carbonyl (C=O) groups excluding carboxylic acids is 1. The van der Waals surface area contributed by atoms with E-state index in [0.717, 1.165) is 59.5 Å². The number of piperazine rings is 1. The van der Waals surface area contributed by atoms with Gasteiger partial charge in [0.25, 0.3) is 5.91 Å². The number of pyridine rings is 2. The molecule has 0 radical (unpaired) electrons. The van der Waals surface area contributed by atoms with Gasteiger partial charge in [0, 0.05) is 42.6 Å². The van der Waals surface area contributed by atoms with Gasteiger partial charge in [-0.3, -0.25) is 9.20 Å². The van der Waals surface area contributed by atoms with Crippen molar-refractivity contribution >= 4 is 45.1 Å². The van der Waals surface area contributed by atoms with Crippen molar-refractivity contribution in [1.82, 2.24) is 25.0 Å². The number of nitrogens with one attached hydrogen (secondary N) is 3. The number of hydrogen-bond acceptors (Lipinski definition) is 6. The standard InChI is InChI=1S/C27H33N7O/c1-15(2)28-24-19-11-12-22(33-13-16(3)29-17(4)14-33)32-25(19)34-21-8-6-5-7-20(21)31-26(34)23(24)27(35)30-18-9-10-18/h5-8,11-12,15-18,28-29H,9-10,13-14H2,1-4H3,(H,30,35). The Labute approximate surface area is 205 Å². The molecule has 2 atom stereocenters. The Kier molecular flexibility index (Phi) is 5.29. The van der Waals surface area contributed by atoms with Crippen LogP contribution < -0.4 is 20.9 Å². The summed E-state index contributed by atoms with van der Waals surface area (Å²) in [6.07, 6.45) is 2.07. The first-order valence-electron chi connectivity index (χ1n) is 12.7. The van der Waals surface area contributed by atoms with Crippen molar-refractivity contribution in [3.05, 3.63) is 42.0 Å². The van der Waals surface area contributed by atoms with Crippen LogP contribution in [0, 0.1) is 0 Å². The average molecular weight is 472 g/mol. The minimum Gasteiger partial charge on any atom is -0.382 e. The number of rotatable bonds is 5. The molecule has 182 valence electrons. The number of nitrogens with zero attached hydrogens (tertiary/aromatic N) is 4. The number of para-hydroxylation sites is 2. The van der Waals surface area contributed by atoms with E-state index in [4.69, 9.17) is 9.97 Å². The Morgan fingerprint density at radius 1 is 1.03 bits per heavy atom. The van der Waals surface area contributed by atoms with Crippen molar-refractivity contribution < 1.29 is 4.79 Å². The maximum atomic E-state index is 13.6. The molecule has 4 heterocycles. The zero-order valence-corrected chi connectivity index (χ0v) is 20.8. The predicted octanol–water partition coefficient (Wildman–Crippen LogP) is 3.93. The Morgan fingerprint density at radius 2 is 1.77 bits per heavy atom. The second kappa shape index (κ2) is 8.37. The Hall–Kier alpha value is -3.39. The fraction of sp³-hybridized carbons (Fsp3) is 0.444. The lowest BCUT2D eigenvalue weighted by Gasteiger charge is -2.37. The van der Waals surface area contributed by atoms with E-state index in [0.29, 0.717) is 23.3 Å². The van der Waals surface area contributed by atoms with Gasteiger partial charge in [0.2, 0.25) is 0 Å². The number of aromatic nitrogens is 3. The number of carbonyl (C=O) groups is 1. The van der Waals surface area contributed by atoms with Crippen LogP contribution >= 0.6 is 0 Å². The highest BCUT2D eigenvalue weighted by atomic mass is 16.1. The van der Waals surface area contributed by atoms with Gasteiger partial charge in [-0.15, -0.1) is 0 Å². The summed E-state index contributed by atoms with van der Waals surface area (Å²) in [4.78, 5) is 26.1. The molecule has 1 aromatic carbocycles. The molecular weight excluding hydrogens is 438 g/mol. The molecule has 1 saturated heterocycles. The maximum Gasteiger partial charge on any atom is 0.257 e. The monoisotopic (exact) mass is 471 g/mol. The number of fused-ring (bicyclic) bond motifs is 5. The zero-order chi connectivity index (χ0) is 24.3. The van der Waals surface area contributed by atoms with Gasteiger partial charge in [-0.25, -0.2) is 9.97 Å². The topological polar surface area (TPSA) is 86.6 Å². The van der Waals surface area contributed by atoms with Gasteiger partial charge in [-0.05, 0) is 64.8 Å². The van der Waals surface area contributed by atoms with Crippen molar-refractivity contribution in [2.75, 3.05) is 23.3 Å². The highest BCUT2D eigenvalue weighted by Gasteiger charge is 2.30. The number of amides is 1. The van der Waals surface area contributed by atoms with Gasteiger partial charge in [-0.1, -0.05) is 12.1 Å². The molecule has 0 bridgehead atoms. The second-order valence-corrected chi connectivity index (χ2v) is 10.5. The summed E-state index contributed by atoms with van der Waals surface area (Å²) in [5, 5.41) is 11.3. The van der Waals surface area contributed by atoms with Crippen LogP contribution in [0.5, 0.6) is 0 Å². The molecule has 8 nitrogen and oxygen atoms in total. The third-order valence-corrected chi connectivity index (χ3v) is 6.83. The van der Waals surface area contributed by atoms with Crippen molar-refractivity contribution in [2.24, 2.45) is 0 Å². The predicted molar refractivity (Wildman–Crippen MR) is 142 cm³/mol. The van der Waals surface area contributed by atoms with E-state index >= 15 is 0 Å². The van der Waals surface area contributed by atoms with Crippen LogP contribution in [-0.2, 0) is 0 Å². The molecule has 8 heteroatoms. The molecule has 0 spiro atoms. The molecule has 1 amide bonds. The smallest absolute Gasteiger partial charge is 0.257 e. The van der Waals surface area contributed by atoms with E-state index in [1.807, 2.05) is 18.2 Å². The molecule has 3 aromatic heterocycles. The molecule has 2 aliphatic rings. The first-order valence-corrected chi connectivity index (χ1v) is 12.7. The largest absolute Gasteiger partial charge is 0.382 e. The fourth-order valence-electron chi connectivity index (χ4n) is 5.29. The van der Waals surface area contributed by atoms with Crippen LogP contribution in [0.25, 0.3) is 27.7 Å². The summed E-state index contributed by atoms with van der Waals surface area (Å²) in [7, 11) is 0. The summed E-state index contributed by atoms with van der Waals surface area (Å²) < 4.78 is 2.07. The molecule has 2 fully saturated rings. The maximum absolute atomic E-state index is 13.6. The Morgan fingerprint density at radius 3 is 2.49 bits per heavy atom. The lowest BCUT2D eigenvalue weighted by molar-refractivity contribution is 0.0953. The molecule has 3 N–H and O–H groups in total. The average Bonchev–Trinajstić information content (AvgIpc) is 3.54. The minimum absolute atomic E-state index is 0.0771. The second-order valence-electron chi connectivity index (χ2n) is 10.5. The number of anilines is 2. The summed E-state index contributed by atoms with van der Waals surface area (Å²) in [6.45, 7) is 10.4. The fourth-order valence-corrected chi connectivity index (χ4v) is 5.29. The van der Waals surface area contributed by atoms with Gasteiger partial charge in [0.15, 0.2) is 11.3 Å². The number of benzene rings is 1. The van der Waals surface area contributed by atoms with Crippen molar-refractivity contribution in [2.45, 2.75) is 64.7 Å². The van der Waals surface area contributed by atoms with E-state index in [1.165, 1.54) is 0 Å². The van der Waals surface area contributed by atoms with Crippen LogP contribution in [0.1, 0.15) is 50.9 Å². The number of imidazole rings is 1. The van der Waals surface area contributed by atoms with Crippen LogP contribution in [0.3, 0.4) is 0 Å². The van der Waals surface area contributed by atoms with E-state index in [1.54, 1.807) is 0 Å². The summed E-state index contributed by atoms with van der Waals surface area (Å²) in [6, 6.07) is 13.4. The highest BCUT2D eigenvalue weighted by Crippen LogP contribution is 2.35. The van der Waals surface area contributed by atoms with Crippen LogP contribution in [0.15, 0.2) is 36.4 Å². The number of hydrogen-bond donors (Lipinski definition) is 3. The lowest BCUT2D eigenvalue weighted by Crippen LogP contribution is -2.54. The lowest BCUT2D eigenvalue weighted by atomic mass is 10.1. The van der Waals surface area contributed by atoms with Crippen molar-refractivity contribution in [3.63, 3.8) is 0 Å². The van der Waals surface area contributed by atoms with Gasteiger partial charge < -0.3 is 20.9 Å². The molecule has 4 aromatic rings. The Balaban J connectivity index is 1.64. The van der Waals surface area contributed by atoms with Crippen LogP contribution in [-0.4, -0.2) is 57.5 Å². The third-order valence-electron chi connectivity index (χ3n) is 6.83. The summed E-state index contributed by atoms with van der Waals surface area (Å²) in [5.41, 5.74) is 4.66. The van der Waals surface area contributed by atoms with E-state index in [2.05, 4.69) is 71.1 Å². The minimum atomic E-state index is -0.0771. The van der Waals surface area contributed by atoms with E-state index in [-0.39, 0.29) is 18.0 Å². The molecule has 1 saturated carbocycles. The molecule has 1 aliphatic carbocycles.